The molecule has 3 nitrogen and oxygen atoms in total. The molecule has 11 aromatic rings. The monoisotopic (exact) mass is 729 g/mol. The largest absolute Gasteiger partial charge is 0.456 e. The van der Waals surface area contributed by atoms with E-state index in [9.17, 15) is 0 Å². The van der Waals surface area contributed by atoms with Crippen LogP contribution >= 0.6 is 0 Å². The molecular formula is C54H35NO2. The first kappa shape index (κ1) is 32.8. The lowest BCUT2D eigenvalue weighted by Gasteiger charge is -2.26. The van der Waals surface area contributed by atoms with E-state index in [1.807, 2.05) is 24.3 Å². The van der Waals surface area contributed by atoms with Gasteiger partial charge in [0.25, 0.3) is 0 Å². The van der Waals surface area contributed by atoms with Gasteiger partial charge < -0.3 is 13.7 Å². The molecule has 11 rings (SSSR count). The highest BCUT2D eigenvalue weighted by Crippen LogP contribution is 2.41. The van der Waals surface area contributed by atoms with E-state index in [0.717, 1.165) is 94.3 Å². The molecule has 0 bridgehead atoms. The normalized spacial score (nSPS) is 11.5. The van der Waals surface area contributed by atoms with Crippen LogP contribution in [0.25, 0.3) is 88.4 Å². The zero-order valence-electron chi connectivity index (χ0n) is 31.0. The molecule has 0 amide bonds. The molecule has 268 valence electrons. The van der Waals surface area contributed by atoms with Crippen LogP contribution in [0.2, 0.25) is 0 Å². The van der Waals surface area contributed by atoms with Gasteiger partial charge in [-0.1, -0.05) is 121 Å². The van der Waals surface area contributed by atoms with E-state index in [4.69, 9.17) is 8.83 Å². The standard InChI is InChI=1S/C54H35NO2/c1-3-12-36(13-4-1)38-14-11-17-46(33-38)55(44-15-5-2-6-16-44)45-26-22-37(23-27-45)41-30-42(39-24-28-53-49(34-39)47-18-7-9-20-51(47)56-53)32-43(31-41)40-25-29-54-50(35-40)48-19-8-10-21-52(48)57-54/h1-35H. The van der Waals surface area contributed by atoms with Crippen molar-refractivity contribution in [2.24, 2.45) is 0 Å². The fourth-order valence-electron chi connectivity index (χ4n) is 8.22. The summed E-state index contributed by atoms with van der Waals surface area (Å²) in [6.45, 7) is 0. The Morgan fingerprint density at radius 3 is 1.23 bits per heavy atom. The van der Waals surface area contributed by atoms with Crippen molar-refractivity contribution in [3.05, 3.63) is 212 Å². The summed E-state index contributed by atoms with van der Waals surface area (Å²) in [4.78, 5) is 2.33. The predicted octanol–water partition coefficient (Wildman–Crippen LogP) is 15.6. The molecule has 0 N–H and O–H groups in total. The van der Waals surface area contributed by atoms with Crippen LogP contribution in [0.4, 0.5) is 17.1 Å². The van der Waals surface area contributed by atoms with Gasteiger partial charge in [-0.3, -0.25) is 0 Å². The molecule has 9 aromatic carbocycles. The molecule has 0 spiro atoms. The Bertz CT molecular complexity index is 3100. The van der Waals surface area contributed by atoms with Crippen molar-refractivity contribution in [1.29, 1.82) is 0 Å². The molecule has 3 heteroatoms. The third-order valence-corrected chi connectivity index (χ3v) is 11.0. The molecule has 0 unspecified atom stereocenters. The molecule has 0 fully saturated rings. The van der Waals surface area contributed by atoms with Crippen molar-refractivity contribution in [3.63, 3.8) is 0 Å². The van der Waals surface area contributed by atoms with E-state index < -0.39 is 0 Å². The summed E-state index contributed by atoms with van der Waals surface area (Å²) in [5.74, 6) is 0. The number of anilines is 3. The van der Waals surface area contributed by atoms with Gasteiger partial charge in [0.1, 0.15) is 22.3 Å². The minimum absolute atomic E-state index is 0.890. The van der Waals surface area contributed by atoms with Gasteiger partial charge >= 0.3 is 0 Å². The second-order valence-corrected chi connectivity index (χ2v) is 14.6. The highest BCUT2D eigenvalue weighted by molar-refractivity contribution is 6.07. The average Bonchev–Trinajstić information content (AvgIpc) is 3.85. The Morgan fingerprint density at radius 1 is 0.228 bits per heavy atom. The summed E-state index contributed by atoms with van der Waals surface area (Å²) in [5, 5.41) is 4.47. The van der Waals surface area contributed by atoms with Gasteiger partial charge in [0, 0.05) is 38.6 Å². The maximum absolute atomic E-state index is 6.21. The molecule has 57 heavy (non-hydrogen) atoms. The van der Waals surface area contributed by atoms with Gasteiger partial charge in [0.05, 0.1) is 0 Å². The third kappa shape index (κ3) is 5.94. The molecule has 2 aromatic heterocycles. The van der Waals surface area contributed by atoms with E-state index >= 15 is 0 Å². The van der Waals surface area contributed by atoms with Gasteiger partial charge in [-0.2, -0.15) is 0 Å². The van der Waals surface area contributed by atoms with E-state index in [1.165, 1.54) is 11.1 Å². The lowest BCUT2D eigenvalue weighted by molar-refractivity contribution is 0.668. The van der Waals surface area contributed by atoms with E-state index in [1.54, 1.807) is 0 Å². The fourth-order valence-corrected chi connectivity index (χ4v) is 8.22. The summed E-state index contributed by atoms with van der Waals surface area (Å²) in [6.07, 6.45) is 0. The van der Waals surface area contributed by atoms with Crippen LogP contribution in [-0.4, -0.2) is 0 Å². The van der Waals surface area contributed by atoms with Crippen molar-refractivity contribution in [3.8, 4) is 44.5 Å². The summed E-state index contributed by atoms with van der Waals surface area (Å²) in [5.41, 5.74) is 16.1. The van der Waals surface area contributed by atoms with Crippen LogP contribution in [0.1, 0.15) is 0 Å². The Kier molecular flexibility index (Phi) is 7.82. The van der Waals surface area contributed by atoms with Crippen LogP contribution < -0.4 is 4.90 Å². The molecule has 0 saturated carbocycles. The van der Waals surface area contributed by atoms with Crippen LogP contribution in [-0.2, 0) is 0 Å². The lowest BCUT2D eigenvalue weighted by atomic mass is 9.92. The summed E-state index contributed by atoms with van der Waals surface area (Å²) >= 11 is 0. The zero-order chi connectivity index (χ0) is 37.7. The first-order valence-electron chi connectivity index (χ1n) is 19.3. The van der Waals surface area contributed by atoms with Crippen molar-refractivity contribution >= 4 is 60.9 Å². The lowest BCUT2D eigenvalue weighted by Crippen LogP contribution is -2.09. The maximum atomic E-state index is 6.21. The second-order valence-electron chi connectivity index (χ2n) is 14.6. The summed E-state index contributed by atoms with van der Waals surface area (Å²) in [7, 11) is 0. The number of para-hydroxylation sites is 3. The minimum Gasteiger partial charge on any atom is -0.456 e. The fraction of sp³-hybridized carbons (Fsp3) is 0. The Labute approximate surface area is 330 Å². The van der Waals surface area contributed by atoms with Crippen molar-refractivity contribution in [2.75, 3.05) is 4.90 Å². The first-order chi connectivity index (χ1) is 28.2. The molecule has 0 radical (unpaired) electrons. The molecule has 0 atom stereocenters. The maximum Gasteiger partial charge on any atom is 0.135 e. The number of furan rings is 2. The van der Waals surface area contributed by atoms with E-state index in [0.29, 0.717) is 0 Å². The Balaban J connectivity index is 1.04. The number of rotatable bonds is 7. The third-order valence-electron chi connectivity index (χ3n) is 11.0. The SMILES string of the molecule is c1ccc(-c2cccc(N(c3ccccc3)c3ccc(-c4cc(-c5ccc6oc7ccccc7c6c5)cc(-c5ccc6oc7ccccc7c6c5)c4)cc3)c2)cc1. The van der Waals surface area contributed by atoms with Gasteiger partial charge in [-0.25, -0.2) is 0 Å². The van der Waals surface area contributed by atoms with Crippen molar-refractivity contribution in [1.82, 2.24) is 0 Å². The van der Waals surface area contributed by atoms with Gasteiger partial charge in [-0.05, 0) is 136 Å². The van der Waals surface area contributed by atoms with E-state index in [-0.39, 0.29) is 0 Å². The highest BCUT2D eigenvalue weighted by atomic mass is 16.3. The Morgan fingerprint density at radius 2 is 0.632 bits per heavy atom. The summed E-state index contributed by atoms with van der Waals surface area (Å²) in [6, 6.07) is 75.4. The molecule has 0 aliphatic heterocycles. The summed E-state index contributed by atoms with van der Waals surface area (Å²) < 4.78 is 12.4. The number of hydrogen-bond donors (Lipinski definition) is 0. The Hall–Kier alpha value is -7.62. The quantitative estimate of drug-likeness (QED) is 0.164. The van der Waals surface area contributed by atoms with Crippen molar-refractivity contribution in [2.45, 2.75) is 0 Å². The number of benzene rings is 9. The zero-order valence-corrected chi connectivity index (χ0v) is 31.0. The van der Waals surface area contributed by atoms with Crippen LogP contribution in [0.3, 0.4) is 0 Å². The molecule has 0 aliphatic rings. The van der Waals surface area contributed by atoms with Crippen LogP contribution in [0, 0.1) is 0 Å². The van der Waals surface area contributed by atoms with E-state index in [2.05, 4.69) is 193 Å². The predicted molar refractivity (Wildman–Crippen MR) is 237 cm³/mol. The number of nitrogens with zero attached hydrogens (tertiary/aromatic N) is 1. The minimum atomic E-state index is 0.890. The van der Waals surface area contributed by atoms with Gasteiger partial charge in [0.15, 0.2) is 0 Å². The molecule has 0 saturated heterocycles. The second kappa shape index (κ2) is 13.6. The average molecular weight is 730 g/mol. The molecular weight excluding hydrogens is 695 g/mol. The molecule has 2 heterocycles. The van der Waals surface area contributed by atoms with Gasteiger partial charge in [-0.15, -0.1) is 0 Å². The molecule has 0 aliphatic carbocycles. The number of fused-ring (bicyclic) bond motifs is 6. The first-order valence-corrected chi connectivity index (χ1v) is 19.3. The van der Waals surface area contributed by atoms with Crippen LogP contribution in [0.15, 0.2) is 221 Å². The van der Waals surface area contributed by atoms with Crippen LogP contribution in [0.5, 0.6) is 0 Å². The highest BCUT2D eigenvalue weighted by Gasteiger charge is 2.16. The van der Waals surface area contributed by atoms with Crippen molar-refractivity contribution < 1.29 is 8.83 Å². The van der Waals surface area contributed by atoms with Gasteiger partial charge in [0.2, 0.25) is 0 Å². The number of hydrogen-bond acceptors (Lipinski definition) is 3. The smallest absolute Gasteiger partial charge is 0.135 e. The topological polar surface area (TPSA) is 29.5 Å².